The zero-order valence-electron chi connectivity index (χ0n) is 8.27. The van der Waals surface area contributed by atoms with Crippen LogP contribution in [0.25, 0.3) is 0 Å². The molecule has 0 spiro atoms. The van der Waals surface area contributed by atoms with Gasteiger partial charge in [0.2, 0.25) is 0 Å². The third-order valence-electron chi connectivity index (χ3n) is 1.86. The highest BCUT2D eigenvalue weighted by molar-refractivity contribution is 9.10. The summed E-state index contributed by atoms with van der Waals surface area (Å²) in [6.07, 6.45) is -4.49. The number of rotatable bonds is 3. The summed E-state index contributed by atoms with van der Waals surface area (Å²) in [6, 6.07) is 2.40. The first-order chi connectivity index (χ1) is 7.40. The molecule has 0 saturated carbocycles. The number of nitrogens with two attached hydrogens (primary N) is 1. The first-order valence-electron chi connectivity index (χ1n) is 4.15. The Morgan fingerprint density at radius 1 is 1.38 bits per heavy atom. The van der Waals surface area contributed by atoms with E-state index in [0.717, 1.165) is 6.07 Å². The Bertz CT molecular complexity index is 382. The molecule has 0 heterocycles. The van der Waals surface area contributed by atoms with Crippen molar-refractivity contribution in [2.45, 2.75) is 12.8 Å². The van der Waals surface area contributed by atoms with Gasteiger partial charge in [0.1, 0.15) is 5.75 Å². The van der Waals surface area contributed by atoms with Crippen molar-refractivity contribution < 1.29 is 22.7 Å². The second-order valence-electron chi connectivity index (χ2n) is 2.97. The van der Waals surface area contributed by atoms with Crippen molar-refractivity contribution >= 4 is 15.9 Å². The maximum atomic E-state index is 12.7. The van der Waals surface area contributed by atoms with Gasteiger partial charge < -0.3 is 4.74 Å². The molecule has 0 aliphatic rings. The van der Waals surface area contributed by atoms with E-state index in [1.54, 1.807) is 0 Å². The number of ether oxygens (including phenoxy) is 1. The molecule has 0 aliphatic heterocycles. The van der Waals surface area contributed by atoms with E-state index in [4.69, 9.17) is 10.6 Å². The van der Waals surface area contributed by atoms with Crippen molar-refractivity contribution in [1.29, 1.82) is 0 Å². The van der Waals surface area contributed by atoms with Crippen LogP contribution in [0, 0.1) is 0 Å². The topological polar surface area (TPSA) is 44.5 Å². The minimum Gasteiger partial charge on any atom is -0.495 e. The molecule has 0 aromatic heterocycles. The van der Waals surface area contributed by atoms with Gasteiger partial charge in [-0.1, -0.05) is 0 Å². The SMILES string of the molecule is COc1c(Br)cc(CON)cc1C(F)(F)F. The monoisotopic (exact) mass is 299 g/mol. The van der Waals surface area contributed by atoms with Crippen LogP contribution in [0.4, 0.5) is 13.2 Å². The summed E-state index contributed by atoms with van der Waals surface area (Å²) in [5, 5.41) is 0. The van der Waals surface area contributed by atoms with E-state index >= 15 is 0 Å². The predicted octanol–water partition coefficient (Wildman–Crippen LogP) is 2.87. The van der Waals surface area contributed by atoms with E-state index in [0.29, 0.717) is 5.56 Å². The summed E-state index contributed by atoms with van der Waals surface area (Å²) >= 11 is 3.00. The molecule has 0 unspecified atom stereocenters. The lowest BCUT2D eigenvalue weighted by atomic mass is 10.1. The third-order valence-corrected chi connectivity index (χ3v) is 2.45. The number of hydrogen-bond acceptors (Lipinski definition) is 3. The summed E-state index contributed by atoms with van der Waals surface area (Å²) in [5.74, 6) is 4.56. The summed E-state index contributed by atoms with van der Waals surface area (Å²) in [6.45, 7) is -0.105. The molecule has 0 radical (unpaired) electrons. The van der Waals surface area contributed by atoms with Crippen molar-refractivity contribution in [2.24, 2.45) is 5.90 Å². The van der Waals surface area contributed by atoms with E-state index in [1.807, 2.05) is 0 Å². The molecule has 0 bridgehead atoms. The summed E-state index contributed by atoms with van der Waals surface area (Å²) in [7, 11) is 1.18. The number of alkyl halides is 3. The molecule has 90 valence electrons. The molecule has 3 nitrogen and oxygen atoms in total. The molecule has 1 aromatic rings. The number of hydrogen-bond donors (Lipinski definition) is 1. The van der Waals surface area contributed by atoms with E-state index in [1.165, 1.54) is 13.2 Å². The normalized spacial score (nSPS) is 11.6. The van der Waals surface area contributed by atoms with Crippen molar-refractivity contribution in [3.8, 4) is 5.75 Å². The quantitative estimate of drug-likeness (QED) is 0.873. The fraction of sp³-hybridized carbons (Fsp3) is 0.333. The molecule has 0 fully saturated rings. The first kappa shape index (κ1) is 13.3. The molecule has 0 amide bonds. The third kappa shape index (κ3) is 2.87. The Labute approximate surface area is 98.4 Å². The zero-order chi connectivity index (χ0) is 12.3. The van der Waals surface area contributed by atoms with Crippen molar-refractivity contribution in [1.82, 2.24) is 0 Å². The van der Waals surface area contributed by atoms with Crippen LogP contribution in [0.1, 0.15) is 11.1 Å². The van der Waals surface area contributed by atoms with Gasteiger partial charge in [0, 0.05) is 0 Å². The van der Waals surface area contributed by atoms with Gasteiger partial charge in [0.25, 0.3) is 0 Å². The van der Waals surface area contributed by atoms with Crippen LogP contribution in [0.15, 0.2) is 16.6 Å². The maximum Gasteiger partial charge on any atom is 0.420 e. The lowest BCUT2D eigenvalue weighted by Gasteiger charge is -2.15. The van der Waals surface area contributed by atoms with Gasteiger partial charge in [0.05, 0.1) is 23.8 Å². The Balaban J connectivity index is 3.31. The van der Waals surface area contributed by atoms with Crippen LogP contribution in [-0.2, 0) is 17.6 Å². The van der Waals surface area contributed by atoms with Crippen LogP contribution < -0.4 is 10.6 Å². The zero-order valence-corrected chi connectivity index (χ0v) is 9.85. The molecule has 16 heavy (non-hydrogen) atoms. The number of benzene rings is 1. The van der Waals surface area contributed by atoms with Gasteiger partial charge in [-0.3, -0.25) is 4.84 Å². The molecule has 2 N–H and O–H groups in total. The van der Waals surface area contributed by atoms with Crippen LogP contribution in [0.3, 0.4) is 0 Å². The fourth-order valence-corrected chi connectivity index (χ4v) is 1.92. The van der Waals surface area contributed by atoms with E-state index in [9.17, 15) is 13.2 Å². The smallest absolute Gasteiger partial charge is 0.420 e. The Kier molecular flexibility index (Phi) is 4.17. The van der Waals surface area contributed by atoms with Crippen molar-refractivity contribution in [3.05, 3.63) is 27.7 Å². The summed E-state index contributed by atoms with van der Waals surface area (Å²) in [4.78, 5) is 4.30. The van der Waals surface area contributed by atoms with Gasteiger partial charge in [-0.25, -0.2) is 5.90 Å². The van der Waals surface area contributed by atoms with Crippen molar-refractivity contribution in [3.63, 3.8) is 0 Å². The average molecular weight is 300 g/mol. The lowest BCUT2D eigenvalue weighted by molar-refractivity contribution is -0.138. The highest BCUT2D eigenvalue weighted by Gasteiger charge is 2.35. The highest BCUT2D eigenvalue weighted by atomic mass is 79.9. The van der Waals surface area contributed by atoms with Crippen LogP contribution in [0.5, 0.6) is 5.75 Å². The predicted molar refractivity (Wildman–Crippen MR) is 54.7 cm³/mol. The van der Waals surface area contributed by atoms with E-state index in [-0.39, 0.29) is 16.8 Å². The minimum absolute atomic E-state index is 0.105. The Hall–Kier alpha value is -0.790. The fourth-order valence-electron chi connectivity index (χ4n) is 1.25. The van der Waals surface area contributed by atoms with E-state index < -0.39 is 11.7 Å². The van der Waals surface area contributed by atoms with Crippen LogP contribution in [0.2, 0.25) is 0 Å². The second-order valence-corrected chi connectivity index (χ2v) is 3.82. The highest BCUT2D eigenvalue weighted by Crippen LogP contribution is 2.41. The summed E-state index contributed by atoms with van der Waals surface area (Å²) in [5.41, 5.74) is -0.557. The largest absolute Gasteiger partial charge is 0.495 e. The molecule has 1 aromatic carbocycles. The Morgan fingerprint density at radius 2 is 2.00 bits per heavy atom. The van der Waals surface area contributed by atoms with Crippen LogP contribution in [-0.4, -0.2) is 7.11 Å². The Morgan fingerprint density at radius 3 is 2.44 bits per heavy atom. The average Bonchev–Trinajstić information content (AvgIpc) is 2.16. The van der Waals surface area contributed by atoms with Crippen LogP contribution >= 0.6 is 15.9 Å². The van der Waals surface area contributed by atoms with Gasteiger partial charge in [-0.15, -0.1) is 0 Å². The molecule has 7 heteroatoms. The standard InChI is InChI=1S/C9H9BrF3NO2/c1-15-8-6(9(11,12)13)2-5(4-16-14)3-7(8)10/h2-3H,4,14H2,1H3. The molecule has 0 aliphatic carbocycles. The molecule has 0 saturated heterocycles. The summed E-state index contributed by atoms with van der Waals surface area (Å²) < 4.78 is 42.9. The lowest BCUT2D eigenvalue weighted by Crippen LogP contribution is -2.10. The van der Waals surface area contributed by atoms with Gasteiger partial charge in [-0.05, 0) is 33.6 Å². The second kappa shape index (κ2) is 5.03. The van der Waals surface area contributed by atoms with Crippen molar-refractivity contribution in [2.75, 3.05) is 7.11 Å². The van der Waals surface area contributed by atoms with Gasteiger partial charge in [-0.2, -0.15) is 13.2 Å². The molecule has 0 atom stereocenters. The molecular weight excluding hydrogens is 291 g/mol. The molecule has 1 rings (SSSR count). The van der Waals surface area contributed by atoms with E-state index in [2.05, 4.69) is 20.8 Å². The first-order valence-corrected chi connectivity index (χ1v) is 4.94. The maximum absolute atomic E-state index is 12.7. The molecular formula is C9H9BrF3NO2. The minimum atomic E-state index is -4.49. The number of halogens is 4. The van der Waals surface area contributed by atoms with Gasteiger partial charge in [0.15, 0.2) is 0 Å². The van der Waals surface area contributed by atoms with Gasteiger partial charge >= 0.3 is 6.18 Å². The number of methoxy groups -OCH3 is 1.